The summed E-state index contributed by atoms with van der Waals surface area (Å²) in [7, 11) is 0. The molecule has 7 nitrogen and oxygen atoms in total. The number of hydrogen-bond acceptors (Lipinski definition) is 5. The fraction of sp³-hybridized carbons (Fsp3) is 0.478. The number of amides is 2. The predicted molar refractivity (Wildman–Crippen MR) is 114 cm³/mol. The summed E-state index contributed by atoms with van der Waals surface area (Å²) in [5, 5.41) is 11.2. The lowest BCUT2D eigenvalue weighted by Gasteiger charge is -2.38. The van der Waals surface area contributed by atoms with E-state index in [0.29, 0.717) is 25.3 Å². The molecule has 174 valence electrons. The Kier molecular flexibility index (Phi) is 5.46. The zero-order chi connectivity index (χ0) is 23.2. The maximum absolute atomic E-state index is 13.4. The molecule has 2 fully saturated rings. The molecule has 1 aromatic carbocycles. The van der Waals surface area contributed by atoms with Crippen molar-refractivity contribution < 1.29 is 22.8 Å². The summed E-state index contributed by atoms with van der Waals surface area (Å²) < 4.78 is 40.1. The molecule has 1 atom stereocenters. The Morgan fingerprint density at radius 2 is 1.91 bits per heavy atom. The van der Waals surface area contributed by atoms with E-state index in [1.54, 1.807) is 6.07 Å². The number of nitrogens with one attached hydrogen (secondary N) is 1. The summed E-state index contributed by atoms with van der Waals surface area (Å²) in [5.74, 6) is 0.523. The van der Waals surface area contributed by atoms with Crippen LogP contribution in [0.4, 0.5) is 19.0 Å². The van der Waals surface area contributed by atoms with Gasteiger partial charge < -0.3 is 15.1 Å². The van der Waals surface area contributed by atoms with Crippen molar-refractivity contribution in [3.8, 4) is 0 Å². The quantitative estimate of drug-likeness (QED) is 0.744. The van der Waals surface area contributed by atoms with Crippen molar-refractivity contribution in [3.63, 3.8) is 0 Å². The van der Waals surface area contributed by atoms with Gasteiger partial charge in [-0.25, -0.2) is 0 Å². The SMILES string of the molecule is O=C(NCCC1CC1)c1cc2c(nn1)N1CCN(C(=O)c3ccccc3C(F)(F)F)CC1C2. The number of halogens is 3. The second kappa shape index (κ2) is 8.31. The van der Waals surface area contributed by atoms with Gasteiger partial charge in [0.1, 0.15) is 0 Å². The number of rotatable bonds is 5. The van der Waals surface area contributed by atoms with Crippen LogP contribution in [-0.2, 0) is 12.6 Å². The Hall–Kier alpha value is -3.17. The molecule has 1 saturated heterocycles. The van der Waals surface area contributed by atoms with Gasteiger partial charge in [0.2, 0.25) is 0 Å². The minimum Gasteiger partial charge on any atom is -0.351 e. The van der Waals surface area contributed by atoms with Crippen molar-refractivity contribution in [1.82, 2.24) is 20.4 Å². The van der Waals surface area contributed by atoms with E-state index in [1.807, 2.05) is 4.90 Å². The van der Waals surface area contributed by atoms with Crippen LogP contribution in [0.5, 0.6) is 0 Å². The molecule has 5 rings (SSSR count). The number of benzene rings is 1. The molecule has 0 radical (unpaired) electrons. The predicted octanol–water partition coefficient (Wildman–Crippen LogP) is 2.91. The van der Waals surface area contributed by atoms with E-state index in [4.69, 9.17) is 0 Å². The molecule has 3 aliphatic rings. The van der Waals surface area contributed by atoms with Gasteiger partial charge in [0, 0.05) is 31.7 Å². The van der Waals surface area contributed by atoms with Gasteiger partial charge in [0.25, 0.3) is 11.8 Å². The standard InChI is InChI=1S/C23H24F3N5O2/c24-23(25,26)18-4-2-1-3-17(18)22(33)30-9-10-31-16(13-30)11-15-12-19(28-29-20(15)31)21(32)27-8-7-14-5-6-14/h1-4,12,14,16H,5-11,13H2,(H,27,32). The van der Waals surface area contributed by atoms with E-state index in [-0.39, 0.29) is 36.3 Å². The van der Waals surface area contributed by atoms with Crippen molar-refractivity contribution in [3.05, 3.63) is 52.7 Å². The first-order chi connectivity index (χ1) is 15.8. The number of piperazine rings is 1. The molecule has 3 heterocycles. The zero-order valence-electron chi connectivity index (χ0n) is 17.9. The molecular formula is C23H24F3N5O2. The largest absolute Gasteiger partial charge is 0.417 e. The summed E-state index contributed by atoms with van der Waals surface area (Å²) in [4.78, 5) is 28.8. The van der Waals surface area contributed by atoms with E-state index in [2.05, 4.69) is 15.5 Å². The first kappa shape index (κ1) is 21.7. The molecule has 2 amide bonds. The highest BCUT2D eigenvalue weighted by atomic mass is 19.4. The molecule has 2 aliphatic heterocycles. The topological polar surface area (TPSA) is 78.4 Å². The van der Waals surface area contributed by atoms with Gasteiger partial charge in [0.05, 0.1) is 17.2 Å². The molecule has 1 aromatic heterocycles. The monoisotopic (exact) mass is 459 g/mol. The summed E-state index contributed by atoms with van der Waals surface area (Å²) >= 11 is 0. The van der Waals surface area contributed by atoms with Gasteiger partial charge in [-0.2, -0.15) is 13.2 Å². The Balaban J connectivity index is 1.27. The highest BCUT2D eigenvalue weighted by Gasteiger charge is 2.40. The number of carbonyl (C=O) groups excluding carboxylic acids is 2. The van der Waals surface area contributed by atoms with Crippen LogP contribution in [0.3, 0.4) is 0 Å². The maximum atomic E-state index is 13.4. The average Bonchev–Trinajstić information content (AvgIpc) is 3.55. The first-order valence-electron chi connectivity index (χ1n) is 11.2. The number of fused-ring (bicyclic) bond motifs is 3. The van der Waals surface area contributed by atoms with E-state index in [1.165, 1.54) is 35.9 Å². The number of hydrogen-bond donors (Lipinski definition) is 1. The van der Waals surface area contributed by atoms with Gasteiger partial charge in [0.15, 0.2) is 11.5 Å². The van der Waals surface area contributed by atoms with Crippen LogP contribution in [0.2, 0.25) is 0 Å². The van der Waals surface area contributed by atoms with Gasteiger partial charge in [-0.15, -0.1) is 10.2 Å². The molecule has 1 N–H and O–H groups in total. The smallest absolute Gasteiger partial charge is 0.351 e. The van der Waals surface area contributed by atoms with Crippen molar-refractivity contribution >= 4 is 17.6 Å². The zero-order valence-corrected chi connectivity index (χ0v) is 17.9. The van der Waals surface area contributed by atoms with Crippen LogP contribution >= 0.6 is 0 Å². The second-order valence-corrected chi connectivity index (χ2v) is 8.91. The Morgan fingerprint density at radius 3 is 2.67 bits per heavy atom. The fourth-order valence-corrected chi connectivity index (χ4v) is 4.65. The molecule has 10 heteroatoms. The molecule has 0 spiro atoms. The fourth-order valence-electron chi connectivity index (χ4n) is 4.65. The van der Waals surface area contributed by atoms with Crippen LogP contribution in [0, 0.1) is 5.92 Å². The minimum atomic E-state index is -4.59. The lowest BCUT2D eigenvalue weighted by Crippen LogP contribution is -2.54. The number of carbonyl (C=O) groups is 2. The van der Waals surface area contributed by atoms with Gasteiger partial charge >= 0.3 is 6.18 Å². The third kappa shape index (κ3) is 4.38. The summed E-state index contributed by atoms with van der Waals surface area (Å²) in [5.41, 5.74) is -0.127. The van der Waals surface area contributed by atoms with E-state index in [9.17, 15) is 22.8 Å². The van der Waals surface area contributed by atoms with Crippen molar-refractivity contribution in [1.29, 1.82) is 0 Å². The highest BCUT2D eigenvalue weighted by Crippen LogP contribution is 2.35. The number of nitrogens with zero attached hydrogens (tertiary/aromatic N) is 4. The van der Waals surface area contributed by atoms with E-state index in [0.717, 1.165) is 24.0 Å². The minimum absolute atomic E-state index is 0.113. The molecule has 1 unspecified atom stereocenters. The van der Waals surface area contributed by atoms with Crippen LogP contribution in [-0.4, -0.2) is 59.1 Å². The molecule has 0 bridgehead atoms. The lowest BCUT2D eigenvalue weighted by molar-refractivity contribution is -0.138. The first-order valence-corrected chi connectivity index (χ1v) is 11.2. The summed E-state index contributed by atoms with van der Waals surface area (Å²) in [6, 6.07) is 6.50. The number of anilines is 1. The van der Waals surface area contributed by atoms with Gasteiger partial charge in [-0.1, -0.05) is 25.0 Å². The van der Waals surface area contributed by atoms with Gasteiger partial charge in [-0.05, 0) is 37.0 Å². The van der Waals surface area contributed by atoms with Gasteiger partial charge in [-0.3, -0.25) is 9.59 Å². The number of alkyl halides is 3. The summed E-state index contributed by atoms with van der Waals surface area (Å²) in [6.45, 7) is 1.63. The van der Waals surface area contributed by atoms with E-state index >= 15 is 0 Å². The number of aromatic nitrogens is 2. The van der Waals surface area contributed by atoms with E-state index < -0.39 is 17.6 Å². The van der Waals surface area contributed by atoms with Crippen LogP contribution in [0.1, 0.15) is 51.2 Å². The second-order valence-electron chi connectivity index (χ2n) is 8.91. The summed E-state index contributed by atoms with van der Waals surface area (Å²) in [6.07, 6.45) is -0.609. The Morgan fingerprint density at radius 1 is 1.12 bits per heavy atom. The van der Waals surface area contributed by atoms with Crippen molar-refractivity contribution in [2.24, 2.45) is 5.92 Å². The van der Waals surface area contributed by atoms with Crippen LogP contribution in [0.15, 0.2) is 30.3 Å². The average molecular weight is 459 g/mol. The molecule has 2 aromatic rings. The Bertz CT molecular complexity index is 1090. The molecule has 1 aliphatic carbocycles. The Labute approximate surface area is 189 Å². The van der Waals surface area contributed by atoms with Crippen LogP contribution in [0.25, 0.3) is 0 Å². The maximum Gasteiger partial charge on any atom is 0.417 e. The van der Waals surface area contributed by atoms with Crippen LogP contribution < -0.4 is 10.2 Å². The molecule has 1 saturated carbocycles. The normalized spacial score (nSPS) is 19.8. The highest BCUT2D eigenvalue weighted by molar-refractivity contribution is 5.96. The third-order valence-electron chi connectivity index (χ3n) is 6.58. The van der Waals surface area contributed by atoms with Crippen molar-refractivity contribution in [2.75, 3.05) is 31.1 Å². The third-order valence-corrected chi connectivity index (χ3v) is 6.58. The molecule has 33 heavy (non-hydrogen) atoms. The van der Waals surface area contributed by atoms with Crippen molar-refractivity contribution in [2.45, 2.75) is 37.9 Å². The molecular weight excluding hydrogens is 435 g/mol. The lowest BCUT2D eigenvalue weighted by atomic mass is 10.0.